The third-order valence-electron chi connectivity index (χ3n) is 2.65. The van der Waals surface area contributed by atoms with Gasteiger partial charge in [0.25, 0.3) is 0 Å². The average Bonchev–Trinajstić information content (AvgIpc) is 2.85. The molecule has 0 spiro atoms. The molecule has 2 heteroatoms. The summed E-state index contributed by atoms with van der Waals surface area (Å²) >= 11 is 0. The molecule has 1 N–H and O–H groups in total. The molecular weight excluding hydrogens is 162 g/mol. The highest BCUT2D eigenvalue weighted by molar-refractivity contribution is 5.25. The van der Waals surface area contributed by atoms with Crippen molar-refractivity contribution >= 4 is 0 Å². The van der Waals surface area contributed by atoms with E-state index in [4.69, 9.17) is 0 Å². The first-order valence-corrected chi connectivity index (χ1v) is 4.80. The van der Waals surface area contributed by atoms with Crippen molar-refractivity contribution in [1.82, 2.24) is 4.98 Å². The van der Waals surface area contributed by atoms with Gasteiger partial charge in [-0.25, -0.2) is 0 Å². The zero-order valence-electron chi connectivity index (χ0n) is 8.12. The first-order valence-electron chi connectivity index (χ1n) is 4.80. The Morgan fingerprint density at radius 3 is 2.62 bits per heavy atom. The summed E-state index contributed by atoms with van der Waals surface area (Å²) in [5, 5.41) is 9.89. The van der Waals surface area contributed by atoms with Gasteiger partial charge in [-0.15, -0.1) is 0 Å². The van der Waals surface area contributed by atoms with Crippen molar-refractivity contribution in [3.05, 3.63) is 29.1 Å². The van der Waals surface area contributed by atoms with Crippen molar-refractivity contribution in [3.63, 3.8) is 0 Å². The molecule has 0 bridgehead atoms. The Morgan fingerprint density at radius 2 is 2.08 bits per heavy atom. The smallest absolute Gasteiger partial charge is 0.0835 e. The van der Waals surface area contributed by atoms with Crippen LogP contribution in [0.3, 0.4) is 0 Å². The molecule has 0 amide bonds. The van der Waals surface area contributed by atoms with Gasteiger partial charge in [0.1, 0.15) is 0 Å². The van der Waals surface area contributed by atoms with Crippen LogP contribution < -0.4 is 0 Å². The van der Waals surface area contributed by atoms with Gasteiger partial charge in [0, 0.05) is 17.0 Å². The lowest BCUT2D eigenvalue weighted by Crippen LogP contribution is -2.03. The third-order valence-corrected chi connectivity index (χ3v) is 2.65. The molecule has 1 aliphatic rings. The molecule has 1 heterocycles. The van der Waals surface area contributed by atoms with Crippen LogP contribution in [0, 0.1) is 19.8 Å². The Hall–Kier alpha value is -0.890. The molecule has 1 unspecified atom stereocenters. The SMILES string of the molecule is Cc1ccc(C(O)C2CC2)c(C)n1. The molecule has 13 heavy (non-hydrogen) atoms. The fourth-order valence-electron chi connectivity index (χ4n) is 1.68. The Bertz CT molecular complexity index is 318. The van der Waals surface area contributed by atoms with E-state index in [1.807, 2.05) is 26.0 Å². The van der Waals surface area contributed by atoms with Crippen molar-refractivity contribution < 1.29 is 5.11 Å². The monoisotopic (exact) mass is 177 g/mol. The molecule has 1 saturated carbocycles. The van der Waals surface area contributed by atoms with Crippen LogP contribution in [0.5, 0.6) is 0 Å². The highest BCUT2D eigenvalue weighted by Crippen LogP contribution is 2.41. The maximum atomic E-state index is 9.89. The van der Waals surface area contributed by atoms with E-state index in [1.165, 1.54) is 0 Å². The summed E-state index contributed by atoms with van der Waals surface area (Å²) in [6.07, 6.45) is 2.04. The largest absolute Gasteiger partial charge is 0.388 e. The predicted octanol–water partition coefficient (Wildman–Crippen LogP) is 2.14. The van der Waals surface area contributed by atoms with E-state index < -0.39 is 0 Å². The van der Waals surface area contributed by atoms with E-state index in [2.05, 4.69) is 4.98 Å². The highest BCUT2D eigenvalue weighted by Gasteiger charge is 2.31. The highest BCUT2D eigenvalue weighted by atomic mass is 16.3. The number of aliphatic hydroxyl groups excluding tert-OH is 1. The number of rotatable bonds is 2. The number of aliphatic hydroxyl groups is 1. The van der Waals surface area contributed by atoms with E-state index in [0.717, 1.165) is 29.8 Å². The van der Waals surface area contributed by atoms with E-state index in [0.29, 0.717) is 5.92 Å². The molecule has 1 atom stereocenters. The fraction of sp³-hybridized carbons (Fsp3) is 0.545. The Labute approximate surface area is 78.6 Å². The standard InChI is InChI=1S/C11H15NO/c1-7-3-6-10(8(2)12-7)11(13)9-4-5-9/h3,6,9,11,13H,4-5H2,1-2H3. The molecule has 2 nitrogen and oxygen atoms in total. The molecule has 2 rings (SSSR count). The van der Waals surface area contributed by atoms with Gasteiger partial charge in [-0.1, -0.05) is 6.07 Å². The Kier molecular flexibility index (Phi) is 2.08. The summed E-state index contributed by atoms with van der Waals surface area (Å²) < 4.78 is 0. The molecule has 0 aromatic carbocycles. The minimum absolute atomic E-state index is 0.284. The lowest BCUT2D eigenvalue weighted by atomic mass is 10.0. The van der Waals surface area contributed by atoms with Gasteiger partial charge in [0.15, 0.2) is 0 Å². The first kappa shape index (κ1) is 8.70. The van der Waals surface area contributed by atoms with Crippen LogP contribution in [-0.4, -0.2) is 10.1 Å². The van der Waals surface area contributed by atoms with Gasteiger partial charge in [0.2, 0.25) is 0 Å². The van der Waals surface area contributed by atoms with Crippen LogP contribution in [-0.2, 0) is 0 Å². The van der Waals surface area contributed by atoms with Gasteiger partial charge >= 0.3 is 0 Å². The summed E-state index contributed by atoms with van der Waals surface area (Å²) in [5.74, 6) is 0.489. The molecule has 1 aromatic heterocycles. The first-order chi connectivity index (χ1) is 6.18. The second-order valence-corrected chi connectivity index (χ2v) is 3.91. The molecule has 0 aliphatic heterocycles. The second kappa shape index (κ2) is 3.11. The van der Waals surface area contributed by atoms with Crippen LogP contribution in [0.2, 0.25) is 0 Å². The second-order valence-electron chi connectivity index (χ2n) is 3.91. The van der Waals surface area contributed by atoms with E-state index in [-0.39, 0.29) is 6.10 Å². The topological polar surface area (TPSA) is 33.1 Å². The Morgan fingerprint density at radius 1 is 1.38 bits per heavy atom. The zero-order valence-corrected chi connectivity index (χ0v) is 8.12. The van der Waals surface area contributed by atoms with Crippen LogP contribution in [0.25, 0.3) is 0 Å². The van der Waals surface area contributed by atoms with Gasteiger partial charge in [-0.3, -0.25) is 4.98 Å². The summed E-state index contributed by atoms with van der Waals surface area (Å²) in [7, 11) is 0. The minimum Gasteiger partial charge on any atom is -0.388 e. The van der Waals surface area contributed by atoms with Crippen molar-refractivity contribution in [3.8, 4) is 0 Å². The number of hydrogen-bond acceptors (Lipinski definition) is 2. The number of hydrogen-bond donors (Lipinski definition) is 1. The van der Waals surface area contributed by atoms with Crippen LogP contribution >= 0.6 is 0 Å². The molecule has 1 fully saturated rings. The van der Waals surface area contributed by atoms with Gasteiger partial charge in [-0.05, 0) is 38.7 Å². The summed E-state index contributed by atoms with van der Waals surface area (Å²) in [6.45, 7) is 3.94. The van der Waals surface area contributed by atoms with Crippen molar-refractivity contribution in [2.75, 3.05) is 0 Å². The van der Waals surface area contributed by atoms with Crippen molar-refractivity contribution in [1.29, 1.82) is 0 Å². The molecule has 0 saturated heterocycles. The normalized spacial score (nSPS) is 18.7. The van der Waals surface area contributed by atoms with Crippen LogP contribution in [0.4, 0.5) is 0 Å². The zero-order chi connectivity index (χ0) is 9.42. The van der Waals surface area contributed by atoms with Crippen LogP contribution in [0.15, 0.2) is 12.1 Å². The van der Waals surface area contributed by atoms with E-state index in [9.17, 15) is 5.11 Å². The lowest BCUT2D eigenvalue weighted by molar-refractivity contribution is 0.152. The number of nitrogens with zero attached hydrogens (tertiary/aromatic N) is 1. The minimum atomic E-state index is -0.284. The molecule has 70 valence electrons. The molecule has 0 radical (unpaired) electrons. The fourth-order valence-corrected chi connectivity index (χ4v) is 1.68. The van der Waals surface area contributed by atoms with Gasteiger partial charge in [0.05, 0.1) is 6.10 Å². The van der Waals surface area contributed by atoms with Gasteiger partial charge in [-0.2, -0.15) is 0 Å². The summed E-state index contributed by atoms with van der Waals surface area (Å²) in [6, 6.07) is 3.97. The van der Waals surface area contributed by atoms with Crippen molar-refractivity contribution in [2.24, 2.45) is 5.92 Å². The maximum Gasteiger partial charge on any atom is 0.0835 e. The predicted molar refractivity (Wildman–Crippen MR) is 51.4 cm³/mol. The lowest BCUT2D eigenvalue weighted by Gasteiger charge is -2.12. The van der Waals surface area contributed by atoms with E-state index >= 15 is 0 Å². The molecule has 1 aromatic rings. The van der Waals surface area contributed by atoms with E-state index in [1.54, 1.807) is 0 Å². The third kappa shape index (κ3) is 1.73. The maximum absolute atomic E-state index is 9.89. The van der Waals surface area contributed by atoms with Crippen LogP contribution in [0.1, 0.15) is 35.9 Å². The van der Waals surface area contributed by atoms with Crippen molar-refractivity contribution in [2.45, 2.75) is 32.8 Å². The number of aromatic nitrogens is 1. The molecular formula is C11H15NO. The Balaban J connectivity index is 2.28. The quantitative estimate of drug-likeness (QED) is 0.750. The summed E-state index contributed by atoms with van der Waals surface area (Å²) in [5.41, 5.74) is 3.00. The average molecular weight is 177 g/mol. The van der Waals surface area contributed by atoms with Gasteiger partial charge < -0.3 is 5.11 Å². The number of pyridine rings is 1. The number of aryl methyl sites for hydroxylation is 2. The summed E-state index contributed by atoms with van der Waals surface area (Å²) in [4.78, 5) is 4.34. The molecule has 1 aliphatic carbocycles.